The van der Waals surface area contributed by atoms with Crippen LogP contribution in [0.1, 0.15) is 34.8 Å². The third-order valence-electron chi connectivity index (χ3n) is 4.93. The van der Waals surface area contributed by atoms with Crippen LogP contribution in [-0.4, -0.2) is 31.8 Å². The highest BCUT2D eigenvalue weighted by molar-refractivity contribution is 5.76. The summed E-state index contributed by atoms with van der Waals surface area (Å²) in [5.74, 6) is 1.05. The van der Waals surface area contributed by atoms with Gasteiger partial charge in [-0.05, 0) is 31.4 Å². The monoisotopic (exact) mass is 365 g/mol. The molecule has 0 unspecified atom stereocenters. The van der Waals surface area contributed by atoms with E-state index in [0.717, 1.165) is 36.6 Å². The Balaban J connectivity index is 1.46. The average Bonchev–Trinajstić information content (AvgIpc) is 3.18. The van der Waals surface area contributed by atoms with Gasteiger partial charge >= 0.3 is 0 Å². The summed E-state index contributed by atoms with van der Waals surface area (Å²) in [5.41, 5.74) is 4.54. The predicted octanol–water partition coefficient (Wildman–Crippen LogP) is 2.57. The lowest BCUT2D eigenvalue weighted by atomic mass is 10.1. The number of benzene rings is 1. The topological polar surface area (TPSA) is 64.7 Å². The number of rotatable bonds is 8. The van der Waals surface area contributed by atoms with Crippen molar-refractivity contribution >= 4 is 5.91 Å². The average molecular weight is 365 g/mol. The van der Waals surface area contributed by atoms with Gasteiger partial charge in [0.15, 0.2) is 0 Å². The van der Waals surface area contributed by atoms with E-state index in [1.807, 2.05) is 56.2 Å². The number of aryl methyl sites for hydroxylation is 2. The van der Waals surface area contributed by atoms with Gasteiger partial charge in [0.25, 0.3) is 0 Å². The molecule has 6 nitrogen and oxygen atoms in total. The Morgan fingerprint density at radius 3 is 2.63 bits per heavy atom. The summed E-state index contributed by atoms with van der Waals surface area (Å²) >= 11 is 0. The number of hydrogen-bond donors (Lipinski definition) is 1. The lowest BCUT2D eigenvalue weighted by Gasteiger charge is -2.09. The summed E-state index contributed by atoms with van der Waals surface area (Å²) in [6, 6.07) is 10.3. The van der Waals surface area contributed by atoms with E-state index in [4.69, 9.17) is 0 Å². The van der Waals surface area contributed by atoms with E-state index in [9.17, 15) is 4.79 Å². The van der Waals surface area contributed by atoms with Crippen molar-refractivity contribution in [3.8, 4) is 0 Å². The minimum absolute atomic E-state index is 0.0684. The molecule has 3 rings (SSSR count). The van der Waals surface area contributed by atoms with E-state index in [0.29, 0.717) is 13.0 Å². The summed E-state index contributed by atoms with van der Waals surface area (Å²) in [7, 11) is 1.93. The van der Waals surface area contributed by atoms with Gasteiger partial charge in [0, 0.05) is 51.1 Å². The molecule has 2 heterocycles. The molecule has 0 aliphatic heterocycles. The third kappa shape index (κ3) is 4.84. The maximum absolute atomic E-state index is 12.2. The van der Waals surface area contributed by atoms with E-state index >= 15 is 0 Å². The van der Waals surface area contributed by atoms with Crippen molar-refractivity contribution in [3.05, 3.63) is 71.1 Å². The molecule has 0 atom stereocenters. The first-order valence-electron chi connectivity index (χ1n) is 9.34. The van der Waals surface area contributed by atoms with Crippen LogP contribution in [0.25, 0.3) is 0 Å². The number of imidazole rings is 1. The van der Waals surface area contributed by atoms with Gasteiger partial charge in [-0.3, -0.25) is 9.48 Å². The number of nitrogens with zero attached hydrogens (tertiary/aromatic N) is 4. The number of nitrogens with one attached hydrogen (secondary N) is 1. The molecule has 142 valence electrons. The summed E-state index contributed by atoms with van der Waals surface area (Å²) in [6.45, 7) is 5.42. The third-order valence-corrected chi connectivity index (χ3v) is 4.93. The van der Waals surface area contributed by atoms with Gasteiger partial charge in [0.2, 0.25) is 5.91 Å². The molecule has 0 aliphatic rings. The van der Waals surface area contributed by atoms with Gasteiger partial charge in [0.05, 0.1) is 5.69 Å². The summed E-state index contributed by atoms with van der Waals surface area (Å²) in [4.78, 5) is 16.6. The van der Waals surface area contributed by atoms with Crippen molar-refractivity contribution < 1.29 is 4.79 Å². The predicted molar refractivity (Wildman–Crippen MR) is 105 cm³/mol. The number of hydrogen-bond acceptors (Lipinski definition) is 3. The van der Waals surface area contributed by atoms with Crippen LogP contribution in [0.3, 0.4) is 0 Å². The molecule has 1 aromatic carbocycles. The van der Waals surface area contributed by atoms with Gasteiger partial charge in [0.1, 0.15) is 5.82 Å². The molecule has 1 amide bonds. The normalized spacial score (nSPS) is 10.9. The second kappa shape index (κ2) is 8.66. The quantitative estimate of drug-likeness (QED) is 0.667. The van der Waals surface area contributed by atoms with Crippen LogP contribution in [-0.2, 0) is 31.2 Å². The second-order valence-electron chi connectivity index (χ2n) is 6.83. The Labute approximate surface area is 160 Å². The zero-order chi connectivity index (χ0) is 19.2. The first-order chi connectivity index (χ1) is 13.0. The minimum Gasteiger partial charge on any atom is -0.356 e. The molecule has 1 N–H and O–H groups in total. The molecule has 0 bridgehead atoms. The number of aromatic nitrogens is 4. The zero-order valence-electron chi connectivity index (χ0n) is 16.3. The zero-order valence-corrected chi connectivity index (χ0v) is 16.3. The molecule has 2 aromatic heterocycles. The fourth-order valence-electron chi connectivity index (χ4n) is 3.31. The summed E-state index contributed by atoms with van der Waals surface area (Å²) in [5, 5.41) is 7.41. The first kappa shape index (κ1) is 18.9. The summed E-state index contributed by atoms with van der Waals surface area (Å²) < 4.78 is 4.00. The highest BCUT2D eigenvalue weighted by atomic mass is 16.1. The lowest BCUT2D eigenvalue weighted by Crippen LogP contribution is -2.26. The fraction of sp³-hybridized carbons (Fsp3) is 0.381. The van der Waals surface area contributed by atoms with E-state index in [-0.39, 0.29) is 5.91 Å². The Morgan fingerprint density at radius 2 is 1.93 bits per heavy atom. The van der Waals surface area contributed by atoms with Crippen LogP contribution >= 0.6 is 0 Å². The lowest BCUT2D eigenvalue weighted by molar-refractivity contribution is -0.121. The van der Waals surface area contributed by atoms with Crippen LogP contribution < -0.4 is 5.32 Å². The van der Waals surface area contributed by atoms with Crippen LogP contribution in [0.15, 0.2) is 42.7 Å². The van der Waals surface area contributed by atoms with E-state index in [1.165, 1.54) is 11.1 Å². The molecule has 0 radical (unpaired) electrons. The molecule has 3 aromatic rings. The Bertz CT molecular complexity index is 895. The highest BCUT2D eigenvalue weighted by Crippen LogP contribution is 2.14. The van der Waals surface area contributed by atoms with Crippen LogP contribution in [0.4, 0.5) is 0 Å². The molecule has 0 saturated heterocycles. The summed E-state index contributed by atoms with van der Waals surface area (Å²) in [6.07, 6.45) is 5.72. The molecule has 0 fully saturated rings. The number of carbonyl (C=O) groups is 1. The van der Waals surface area contributed by atoms with E-state index < -0.39 is 0 Å². The van der Waals surface area contributed by atoms with Crippen LogP contribution in [0.5, 0.6) is 0 Å². The second-order valence-corrected chi connectivity index (χ2v) is 6.83. The van der Waals surface area contributed by atoms with E-state index in [2.05, 4.69) is 32.1 Å². The SMILES string of the molecule is Cc1nn(C)c(C)c1CCC(=O)NCCc1nccn1Cc1ccccc1. The van der Waals surface area contributed by atoms with Crippen molar-refractivity contribution in [3.63, 3.8) is 0 Å². The molecule has 27 heavy (non-hydrogen) atoms. The van der Waals surface area contributed by atoms with Crippen molar-refractivity contribution in [2.45, 2.75) is 39.7 Å². The van der Waals surface area contributed by atoms with Crippen molar-refractivity contribution in [2.75, 3.05) is 6.54 Å². The maximum Gasteiger partial charge on any atom is 0.220 e. The van der Waals surface area contributed by atoms with Crippen LogP contribution in [0, 0.1) is 13.8 Å². The maximum atomic E-state index is 12.2. The molecule has 0 saturated carbocycles. The fourth-order valence-corrected chi connectivity index (χ4v) is 3.31. The Kier molecular flexibility index (Phi) is 6.06. The van der Waals surface area contributed by atoms with Crippen LogP contribution in [0.2, 0.25) is 0 Å². The molecule has 0 spiro atoms. The first-order valence-corrected chi connectivity index (χ1v) is 9.34. The standard InChI is InChI=1S/C21H27N5O/c1-16-19(17(2)25(3)24-16)9-10-21(27)23-12-11-20-22-13-14-26(20)15-18-7-5-4-6-8-18/h4-8,13-14H,9-12,15H2,1-3H3,(H,23,27). The number of amides is 1. The van der Waals surface area contributed by atoms with Crippen molar-refractivity contribution in [2.24, 2.45) is 7.05 Å². The molecular formula is C21H27N5O. The molecular weight excluding hydrogens is 338 g/mol. The van der Waals surface area contributed by atoms with Gasteiger partial charge in [-0.15, -0.1) is 0 Å². The van der Waals surface area contributed by atoms with Gasteiger partial charge in [-0.2, -0.15) is 5.10 Å². The van der Waals surface area contributed by atoms with Gasteiger partial charge < -0.3 is 9.88 Å². The molecule has 0 aliphatic carbocycles. The van der Waals surface area contributed by atoms with Crippen molar-refractivity contribution in [1.82, 2.24) is 24.6 Å². The van der Waals surface area contributed by atoms with Crippen molar-refractivity contribution in [1.29, 1.82) is 0 Å². The van der Waals surface area contributed by atoms with Gasteiger partial charge in [-0.1, -0.05) is 30.3 Å². The Hall–Kier alpha value is -2.89. The van der Waals surface area contributed by atoms with E-state index in [1.54, 1.807) is 0 Å². The largest absolute Gasteiger partial charge is 0.356 e. The van der Waals surface area contributed by atoms with Gasteiger partial charge in [-0.25, -0.2) is 4.98 Å². The smallest absolute Gasteiger partial charge is 0.220 e. The minimum atomic E-state index is 0.0684. The Morgan fingerprint density at radius 1 is 1.15 bits per heavy atom. The number of carbonyl (C=O) groups excluding carboxylic acids is 1. The molecule has 6 heteroatoms. The highest BCUT2D eigenvalue weighted by Gasteiger charge is 2.11.